The number of aryl methyl sites for hydroxylation is 1. The van der Waals surface area contributed by atoms with E-state index in [2.05, 4.69) is 4.98 Å². The molecule has 5 nitrogen and oxygen atoms in total. The number of aromatic nitrogens is 1. The van der Waals surface area contributed by atoms with Crippen LogP contribution in [-0.4, -0.2) is 42.7 Å². The molecule has 0 N–H and O–H groups in total. The lowest BCUT2D eigenvalue weighted by Gasteiger charge is -2.16. The molecule has 1 unspecified atom stereocenters. The van der Waals surface area contributed by atoms with Crippen molar-refractivity contribution in [3.05, 3.63) is 23.9 Å². The highest BCUT2D eigenvalue weighted by atomic mass is 32.2. The molecule has 0 amide bonds. The van der Waals surface area contributed by atoms with Crippen LogP contribution in [0.2, 0.25) is 0 Å². The van der Waals surface area contributed by atoms with E-state index in [1.54, 1.807) is 10.4 Å². The number of unbranched alkanes of at least 4 members (excludes halogenated alkanes) is 1. The van der Waals surface area contributed by atoms with Gasteiger partial charge in [0, 0.05) is 18.3 Å². The summed E-state index contributed by atoms with van der Waals surface area (Å²) >= 11 is 0. The van der Waals surface area contributed by atoms with Crippen LogP contribution < -0.4 is 4.74 Å². The van der Waals surface area contributed by atoms with Crippen molar-refractivity contribution in [3.8, 4) is 5.88 Å². The van der Waals surface area contributed by atoms with E-state index in [1.165, 1.54) is 0 Å². The molecule has 1 aromatic rings. The summed E-state index contributed by atoms with van der Waals surface area (Å²) in [6, 6.07) is 5.60. The van der Waals surface area contributed by atoms with Gasteiger partial charge in [-0.15, -0.1) is 0 Å². The number of ether oxygens (including phenoxy) is 1. The first-order valence-corrected chi connectivity index (χ1v) is 8.70. The molecule has 1 aromatic heterocycles. The number of sulfonamides is 1. The van der Waals surface area contributed by atoms with E-state index in [9.17, 15) is 8.42 Å². The van der Waals surface area contributed by atoms with E-state index in [4.69, 9.17) is 4.74 Å². The zero-order valence-corrected chi connectivity index (χ0v) is 12.9. The minimum atomic E-state index is -3.12. The second kappa shape index (κ2) is 6.54. The number of nitrogens with zero attached hydrogens (tertiary/aromatic N) is 2. The van der Waals surface area contributed by atoms with Gasteiger partial charge < -0.3 is 4.74 Å². The Labute approximate surface area is 121 Å². The van der Waals surface area contributed by atoms with Gasteiger partial charge in [0.2, 0.25) is 15.9 Å². The first kappa shape index (κ1) is 15.3. The highest BCUT2D eigenvalue weighted by Gasteiger charge is 2.32. The lowest BCUT2D eigenvalue weighted by Crippen LogP contribution is -2.32. The first-order valence-electron chi connectivity index (χ1n) is 7.09. The van der Waals surface area contributed by atoms with Crippen molar-refractivity contribution in [1.82, 2.24) is 9.29 Å². The Morgan fingerprint density at radius 2 is 2.25 bits per heavy atom. The van der Waals surface area contributed by atoms with E-state index in [-0.39, 0.29) is 11.9 Å². The van der Waals surface area contributed by atoms with E-state index in [0.29, 0.717) is 25.4 Å². The molecule has 0 spiro atoms. The Bertz CT molecular complexity index is 545. The second-order valence-corrected chi connectivity index (χ2v) is 7.26. The summed E-state index contributed by atoms with van der Waals surface area (Å²) in [5.74, 6) is 0.807. The molecule has 0 radical (unpaired) electrons. The van der Waals surface area contributed by atoms with Gasteiger partial charge in [0.05, 0.1) is 12.3 Å². The van der Waals surface area contributed by atoms with Crippen molar-refractivity contribution in [2.45, 2.75) is 39.2 Å². The zero-order valence-electron chi connectivity index (χ0n) is 12.1. The third-order valence-corrected chi connectivity index (χ3v) is 5.33. The molecule has 1 aliphatic heterocycles. The van der Waals surface area contributed by atoms with Crippen molar-refractivity contribution >= 4 is 10.0 Å². The molecule has 0 aromatic carbocycles. The molecule has 2 heterocycles. The maximum atomic E-state index is 12.1. The lowest BCUT2D eigenvalue weighted by atomic mass is 10.3. The predicted octanol–water partition coefficient (Wildman–Crippen LogP) is 1.97. The fraction of sp³-hybridized carbons (Fsp3) is 0.643. The minimum Gasteiger partial charge on any atom is -0.473 e. The van der Waals surface area contributed by atoms with Gasteiger partial charge in [-0.2, -0.15) is 4.31 Å². The number of rotatable bonds is 6. The SMILES string of the molecule is CCCCS(=O)(=O)N1CCC(Oc2cccc(C)n2)C1. The summed E-state index contributed by atoms with van der Waals surface area (Å²) < 4.78 is 31.5. The molecule has 6 heteroatoms. The molecule has 0 saturated carbocycles. The van der Waals surface area contributed by atoms with Crippen LogP contribution in [0.1, 0.15) is 31.9 Å². The minimum absolute atomic E-state index is 0.0966. The van der Waals surface area contributed by atoms with Gasteiger partial charge in [0.25, 0.3) is 0 Å². The summed E-state index contributed by atoms with van der Waals surface area (Å²) in [5, 5.41) is 0. The predicted molar refractivity (Wildman–Crippen MR) is 78.3 cm³/mol. The van der Waals surface area contributed by atoms with Crippen molar-refractivity contribution in [2.75, 3.05) is 18.8 Å². The Hall–Kier alpha value is -1.14. The molecule has 1 aliphatic rings. The van der Waals surface area contributed by atoms with Crippen LogP contribution in [0.25, 0.3) is 0 Å². The average molecular weight is 298 g/mol. The second-order valence-electron chi connectivity index (χ2n) is 5.17. The maximum absolute atomic E-state index is 12.1. The Balaban J connectivity index is 1.92. The van der Waals surface area contributed by atoms with Gasteiger partial charge in [-0.1, -0.05) is 19.4 Å². The smallest absolute Gasteiger partial charge is 0.214 e. The molecule has 20 heavy (non-hydrogen) atoms. The normalized spacial score (nSPS) is 20.2. The monoisotopic (exact) mass is 298 g/mol. The van der Waals surface area contributed by atoms with E-state index < -0.39 is 10.0 Å². The first-order chi connectivity index (χ1) is 9.51. The molecular formula is C14H22N2O3S. The summed E-state index contributed by atoms with van der Waals surface area (Å²) in [5.41, 5.74) is 0.896. The fourth-order valence-corrected chi connectivity index (χ4v) is 3.95. The molecule has 1 saturated heterocycles. The quantitative estimate of drug-likeness (QED) is 0.805. The lowest BCUT2D eigenvalue weighted by molar-refractivity contribution is 0.206. The molecule has 0 aliphatic carbocycles. The molecule has 2 rings (SSSR count). The molecule has 112 valence electrons. The number of hydrogen-bond acceptors (Lipinski definition) is 4. The van der Waals surface area contributed by atoms with Crippen molar-refractivity contribution in [1.29, 1.82) is 0 Å². The largest absolute Gasteiger partial charge is 0.473 e. The van der Waals surface area contributed by atoms with Crippen molar-refractivity contribution < 1.29 is 13.2 Å². The third-order valence-electron chi connectivity index (χ3n) is 3.41. The molecule has 1 fully saturated rings. The highest BCUT2D eigenvalue weighted by molar-refractivity contribution is 7.89. The topological polar surface area (TPSA) is 59.5 Å². The van der Waals surface area contributed by atoms with Gasteiger partial charge in [-0.25, -0.2) is 13.4 Å². The van der Waals surface area contributed by atoms with Crippen LogP contribution in [-0.2, 0) is 10.0 Å². The standard InChI is InChI=1S/C14H22N2O3S/c1-3-4-10-20(17,18)16-9-8-13(11-16)19-14-7-5-6-12(2)15-14/h5-7,13H,3-4,8-11H2,1-2H3. The fourth-order valence-electron chi connectivity index (χ4n) is 2.26. The van der Waals surface area contributed by atoms with E-state index in [1.807, 2.05) is 26.0 Å². The summed E-state index contributed by atoms with van der Waals surface area (Å²) in [6.45, 7) is 4.88. The summed E-state index contributed by atoms with van der Waals surface area (Å²) in [7, 11) is -3.12. The summed E-state index contributed by atoms with van der Waals surface area (Å²) in [4.78, 5) is 4.28. The Kier molecular flexibility index (Phi) is 4.99. The van der Waals surface area contributed by atoms with Crippen LogP contribution in [0.3, 0.4) is 0 Å². The Morgan fingerprint density at radius 1 is 1.45 bits per heavy atom. The van der Waals surface area contributed by atoms with Gasteiger partial charge in [-0.05, 0) is 25.8 Å². The molecule has 0 bridgehead atoms. The van der Waals surface area contributed by atoms with Crippen LogP contribution in [0.5, 0.6) is 5.88 Å². The van der Waals surface area contributed by atoms with Crippen molar-refractivity contribution in [2.24, 2.45) is 0 Å². The Morgan fingerprint density at radius 3 is 2.95 bits per heavy atom. The van der Waals surface area contributed by atoms with Gasteiger partial charge in [0.15, 0.2) is 0 Å². The summed E-state index contributed by atoms with van der Waals surface area (Å²) in [6.07, 6.45) is 2.23. The highest BCUT2D eigenvalue weighted by Crippen LogP contribution is 2.20. The van der Waals surface area contributed by atoms with Crippen LogP contribution >= 0.6 is 0 Å². The number of hydrogen-bond donors (Lipinski definition) is 0. The molecular weight excluding hydrogens is 276 g/mol. The van der Waals surface area contributed by atoms with Crippen LogP contribution in [0.15, 0.2) is 18.2 Å². The van der Waals surface area contributed by atoms with Crippen molar-refractivity contribution in [3.63, 3.8) is 0 Å². The van der Waals surface area contributed by atoms with Gasteiger partial charge >= 0.3 is 0 Å². The van der Waals surface area contributed by atoms with Crippen LogP contribution in [0, 0.1) is 6.92 Å². The van der Waals surface area contributed by atoms with Crippen LogP contribution in [0.4, 0.5) is 0 Å². The van der Waals surface area contributed by atoms with Gasteiger partial charge in [0.1, 0.15) is 6.10 Å². The zero-order chi connectivity index (χ0) is 14.6. The average Bonchev–Trinajstić information content (AvgIpc) is 2.86. The van der Waals surface area contributed by atoms with E-state index >= 15 is 0 Å². The molecule has 1 atom stereocenters. The van der Waals surface area contributed by atoms with Gasteiger partial charge in [-0.3, -0.25) is 0 Å². The maximum Gasteiger partial charge on any atom is 0.214 e. The number of pyridine rings is 1. The third kappa shape index (κ3) is 3.93. The van der Waals surface area contributed by atoms with E-state index in [0.717, 1.165) is 18.5 Å².